The van der Waals surface area contributed by atoms with Crippen LogP contribution in [0.1, 0.15) is 76.5 Å². The van der Waals surface area contributed by atoms with Gasteiger partial charge < -0.3 is 5.11 Å². The predicted molar refractivity (Wildman–Crippen MR) is 89.4 cm³/mol. The van der Waals surface area contributed by atoms with Crippen LogP contribution in [0.15, 0.2) is 12.1 Å². The zero-order valence-corrected chi connectivity index (χ0v) is 14.5. The topological polar surface area (TPSA) is 37.3 Å². The van der Waals surface area contributed by atoms with Gasteiger partial charge in [0.15, 0.2) is 0 Å². The van der Waals surface area contributed by atoms with Crippen LogP contribution in [0, 0.1) is 11.3 Å². The molecule has 1 saturated carbocycles. The lowest BCUT2D eigenvalue weighted by atomic mass is 9.50. The molecule has 0 radical (unpaired) electrons. The van der Waals surface area contributed by atoms with Crippen molar-refractivity contribution in [3.63, 3.8) is 0 Å². The number of hydrogen-bond donors (Lipinski definition) is 1. The molecule has 0 heterocycles. The van der Waals surface area contributed by atoms with Gasteiger partial charge in [0.05, 0.1) is 0 Å². The van der Waals surface area contributed by atoms with Crippen LogP contribution in [0.5, 0.6) is 5.75 Å². The molecular formula is C20H28O2. The van der Waals surface area contributed by atoms with Gasteiger partial charge in [0.25, 0.3) is 0 Å². The molecule has 120 valence electrons. The van der Waals surface area contributed by atoms with E-state index in [1.807, 2.05) is 6.07 Å². The summed E-state index contributed by atoms with van der Waals surface area (Å²) in [4.78, 5) is 12.4. The number of aryl methyl sites for hydroxylation is 1. The summed E-state index contributed by atoms with van der Waals surface area (Å²) in [7, 11) is 0. The third-order valence-electron chi connectivity index (χ3n) is 6.42. The molecule has 2 aliphatic rings. The van der Waals surface area contributed by atoms with Crippen molar-refractivity contribution in [2.24, 2.45) is 11.3 Å². The van der Waals surface area contributed by atoms with Gasteiger partial charge in [-0.2, -0.15) is 0 Å². The molecule has 3 rings (SSSR count). The van der Waals surface area contributed by atoms with E-state index in [2.05, 4.69) is 40.7 Å². The third-order valence-corrected chi connectivity index (χ3v) is 6.42. The van der Waals surface area contributed by atoms with E-state index < -0.39 is 0 Å². The lowest BCUT2D eigenvalue weighted by Gasteiger charge is -2.53. The molecule has 2 unspecified atom stereocenters. The minimum absolute atomic E-state index is 0.0119. The zero-order valence-electron chi connectivity index (χ0n) is 14.5. The van der Waals surface area contributed by atoms with Crippen molar-refractivity contribution in [1.82, 2.24) is 0 Å². The number of hydrogen-bond acceptors (Lipinski definition) is 2. The summed E-state index contributed by atoms with van der Waals surface area (Å²) in [6.07, 6.45) is 3.66. The third kappa shape index (κ3) is 2.03. The second-order valence-electron chi connectivity index (χ2n) is 8.38. The highest BCUT2D eigenvalue weighted by Crippen LogP contribution is 2.56. The number of carbonyl (C=O) groups is 1. The predicted octanol–water partition coefficient (Wildman–Crippen LogP) is 4.72. The molecule has 1 N–H and O–H groups in total. The molecule has 1 aromatic rings. The number of aromatic hydroxyl groups is 1. The molecule has 2 heteroatoms. The van der Waals surface area contributed by atoms with E-state index in [0.29, 0.717) is 29.8 Å². The monoisotopic (exact) mass is 300 g/mol. The van der Waals surface area contributed by atoms with Crippen molar-refractivity contribution in [1.29, 1.82) is 0 Å². The minimum atomic E-state index is -0.253. The Morgan fingerprint density at radius 2 is 1.86 bits per heavy atom. The fourth-order valence-corrected chi connectivity index (χ4v) is 5.02. The van der Waals surface area contributed by atoms with E-state index in [1.54, 1.807) is 0 Å². The minimum Gasteiger partial charge on any atom is -0.508 e. The van der Waals surface area contributed by atoms with E-state index in [0.717, 1.165) is 24.8 Å². The van der Waals surface area contributed by atoms with E-state index in [9.17, 15) is 9.90 Å². The van der Waals surface area contributed by atoms with Crippen molar-refractivity contribution in [3.8, 4) is 5.75 Å². The fraction of sp³-hybridized carbons (Fsp3) is 0.650. The second kappa shape index (κ2) is 4.84. The number of carbonyl (C=O) groups excluding carboxylic acids is 1. The van der Waals surface area contributed by atoms with Gasteiger partial charge in [-0.3, -0.25) is 4.79 Å². The van der Waals surface area contributed by atoms with Gasteiger partial charge in [0.1, 0.15) is 11.5 Å². The Balaban J connectivity index is 2.13. The molecule has 22 heavy (non-hydrogen) atoms. The summed E-state index contributed by atoms with van der Waals surface area (Å²) in [6.45, 7) is 10.8. The Morgan fingerprint density at radius 3 is 2.50 bits per heavy atom. The molecule has 2 nitrogen and oxygen atoms in total. The Kier molecular flexibility index (Phi) is 3.43. The van der Waals surface area contributed by atoms with Gasteiger partial charge in [-0.25, -0.2) is 0 Å². The van der Waals surface area contributed by atoms with Crippen LogP contribution in [0.4, 0.5) is 0 Å². The molecule has 2 aliphatic carbocycles. The molecule has 1 aromatic carbocycles. The van der Waals surface area contributed by atoms with Crippen molar-refractivity contribution in [2.45, 2.75) is 71.6 Å². The van der Waals surface area contributed by atoms with Crippen molar-refractivity contribution >= 4 is 5.78 Å². The first kappa shape index (κ1) is 15.6. The van der Waals surface area contributed by atoms with Crippen LogP contribution in [0.3, 0.4) is 0 Å². The maximum Gasteiger partial charge on any atom is 0.138 e. The van der Waals surface area contributed by atoms with Gasteiger partial charge >= 0.3 is 0 Å². The number of rotatable bonds is 1. The van der Waals surface area contributed by atoms with Crippen LogP contribution >= 0.6 is 0 Å². The highest BCUT2D eigenvalue weighted by Gasteiger charge is 2.53. The smallest absolute Gasteiger partial charge is 0.138 e. The van der Waals surface area contributed by atoms with Crippen LogP contribution in [0.25, 0.3) is 0 Å². The zero-order chi connectivity index (χ0) is 16.3. The summed E-state index contributed by atoms with van der Waals surface area (Å²) in [5.74, 6) is 1.53. The highest BCUT2D eigenvalue weighted by atomic mass is 16.3. The number of benzene rings is 1. The molecule has 0 bridgehead atoms. The van der Waals surface area contributed by atoms with E-state index in [4.69, 9.17) is 0 Å². The Bertz CT molecular complexity index is 627. The molecule has 2 atom stereocenters. The van der Waals surface area contributed by atoms with Crippen LogP contribution in [0.2, 0.25) is 0 Å². The maximum atomic E-state index is 12.4. The highest BCUT2D eigenvalue weighted by molar-refractivity contribution is 5.86. The largest absolute Gasteiger partial charge is 0.508 e. The van der Waals surface area contributed by atoms with Gasteiger partial charge in [-0.15, -0.1) is 0 Å². The Morgan fingerprint density at radius 1 is 1.18 bits per heavy atom. The summed E-state index contributed by atoms with van der Waals surface area (Å²) in [6, 6.07) is 4.21. The molecule has 0 saturated heterocycles. The SMILES string of the molecule is CC(C)c1cc2c(cc1O)C1(C)CCC(=O)C(C)(C)C1CC2. The number of ketones is 1. The summed E-state index contributed by atoms with van der Waals surface area (Å²) < 4.78 is 0. The van der Waals surface area contributed by atoms with Crippen LogP contribution in [-0.2, 0) is 16.6 Å². The van der Waals surface area contributed by atoms with Crippen LogP contribution < -0.4 is 0 Å². The van der Waals surface area contributed by atoms with Gasteiger partial charge in [-0.05, 0) is 59.3 Å². The van der Waals surface area contributed by atoms with Crippen molar-refractivity contribution in [2.75, 3.05) is 0 Å². The Labute approximate surface area is 133 Å². The van der Waals surface area contributed by atoms with E-state index >= 15 is 0 Å². The molecule has 0 amide bonds. The quantitative estimate of drug-likeness (QED) is 0.814. The van der Waals surface area contributed by atoms with Crippen molar-refractivity contribution in [3.05, 3.63) is 28.8 Å². The normalized spacial score (nSPS) is 30.1. The standard InChI is InChI=1S/C20H28O2/c1-12(2)14-10-13-6-7-17-19(3,4)18(22)8-9-20(17,5)15(13)11-16(14)21/h10-12,17,21H,6-9H2,1-5H3. The summed E-state index contributed by atoms with van der Waals surface area (Å²) in [5, 5.41) is 10.5. The average molecular weight is 300 g/mol. The van der Waals surface area contributed by atoms with E-state index in [-0.39, 0.29) is 10.8 Å². The molecular weight excluding hydrogens is 272 g/mol. The molecule has 0 aliphatic heterocycles. The second-order valence-corrected chi connectivity index (χ2v) is 8.38. The molecule has 0 aromatic heterocycles. The maximum absolute atomic E-state index is 12.4. The number of phenols is 1. The van der Waals surface area contributed by atoms with Gasteiger partial charge in [0.2, 0.25) is 0 Å². The average Bonchev–Trinajstić information content (AvgIpc) is 2.43. The number of Topliss-reactive ketones (excluding diaryl/α,β-unsaturated/α-hetero) is 1. The first-order chi connectivity index (χ1) is 10.2. The number of phenolic OH excluding ortho intramolecular Hbond substituents is 1. The summed E-state index contributed by atoms with van der Waals surface area (Å²) in [5.41, 5.74) is 3.47. The van der Waals surface area contributed by atoms with Gasteiger partial charge in [-0.1, -0.05) is 40.7 Å². The lowest BCUT2D eigenvalue weighted by Crippen LogP contribution is -2.52. The van der Waals surface area contributed by atoms with Crippen LogP contribution in [-0.4, -0.2) is 10.9 Å². The lowest BCUT2D eigenvalue weighted by molar-refractivity contribution is -0.137. The van der Waals surface area contributed by atoms with Crippen molar-refractivity contribution < 1.29 is 9.90 Å². The number of fused-ring (bicyclic) bond motifs is 3. The molecule has 1 fully saturated rings. The Hall–Kier alpha value is -1.31. The fourth-order valence-electron chi connectivity index (χ4n) is 5.02. The summed E-state index contributed by atoms with van der Waals surface area (Å²) >= 11 is 0. The van der Waals surface area contributed by atoms with Gasteiger partial charge in [0, 0.05) is 11.8 Å². The molecule has 0 spiro atoms. The van der Waals surface area contributed by atoms with E-state index in [1.165, 1.54) is 11.1 Å². The first-order valence-electron chi connectivity index (χ1n) is 8.57. The first-order valence-corrected chi connectivity index (χ1v) is 8.57.